The molecule has 0 spiro atoms. The summed E-state index contributed by atoms with van der Waals surface area (Å²) in [4.78, 5) is 0. The van der Waals surface area contributed by atoms with Crippen LogP contribution in [0.4, 0.5) is 0 Å². The Hall–Kier alpha value is -1.12. The van der Waals surface area contributed by atoms with Gasteiger partial charge in [0.15, 0.2) is 0 Å². The highest BCUT2D eigenvalue weighted by atomic mass is 16.3. The van der Waals surface area contributed by atoms with E-state index in [0.29, 0.717) is 0 Å². The fourth-order valence-electron chi connectivity index (χ4n) is 2.20. The van der Waals surface area contributed by atoms with Gasteiger partial charge in [-0.05, 0) is 71.8 Å². The topological polar surface area (TPSA) is 40.5 Å². The molecule has 0 aromatic heterocycles. The minimum absolute atomic E-state index is 0.135. The van der Waals surface area contributed by atoms with Crippen LogP contribution in [0.15, 0.2) is 46.6 Å². The minimum atomic E-state index is 0.135. The lowest BCUT2D eigenvalue weighted by molar-refractivity contribution is 0.326. The minimum Gasteiger partial charge on any atom is -0.392 e. The Morgan fingerprint density at radius 1 is 0.682 bits per heavy atom. The van der Waals surface area contributed by atoms with Gasteiger partial charge in [0, 0.05) is 0 Å². The first-order valence-electron chi connectivity index (χ1n) is 8.33. The van der Waals surface area contributed by atoms with Crippen molar-refractivity contribution in [3.8, 4) is 0 Å². The molecule has 0 saturated carbocycles. The predicted molar refractivity (Wildman–Crippen MR) is 96.9 cm³/mol. The average Bonchev–Trinajstić information content (AvgIpc) is 2.45. The van der Waals surface area contributed by atoms with Crippen LogP contribution in [0.25, 0.3) is 0 Å². The number of hydrogen-bond donors (Lipinski definition) is 2. The molecule has 0 aliphatic carbocycles. The van der Waals surface area contributed by atoms with E-state index in [2.05, 4.69) is 45.9 Å². The summed E-state index contributed by atoms with van der Waals surface area (Å²) in [6.45, 7) is 8.74. The second kappa shape index (κ2) is 13.5. The molecule has 0 radical (unpaired) electrons. The molecule has 0 aliphatic rings. The van der Waals surface area contributed by atoms with Gasteiger partial charge in [-0.1, -0.05) is 41.0 Å². The third-order valence-corrected chi connectivity index (χ3v) is 3.66. The molecule has 0 saturated heterocycles. The summed E-state index contributed by atoms with van der Waals surface area (Å²) in [6, 6.07) is 0. The van der Waals surface area contributed by atoms with Crippen molar-refractivity contribution in [1.29, 1.82) is 0 Å². The molecule has 0 aliphatic heterocycles. The molecular formula is C20H34O2. The van der Waals surface area contributed by atoms with E-state index in [1.165, 1.54) is 16.7 Å². The molecule has 0 heterocycles. The highest BCUT2D eigenvalue weighted by molar-refractivity contribution is 5.08. The van der Waals surface area contributed by atoms with E-state index in [4.69, 9.17) is 5.11 Å². The van der Waals surface area contributed by atoms with Crippen molar-refractivity contribution >= 4 is 0 Å². The van der Waals surface area contributed by atoms with Crippen LogP contribution >= 0.6 is 0 Å². The van der Waals surface area contributed by atoms with Crippen molar-refractivity contribution in [2.45, 2.75) is 66.2 Å². The van der Waals surface area contributed by atoms with Crippen molar-refractivity contribution in [2.24, 2.45) is 0 Å². The summed E-state index contributed by atoms with van der Waals surface area (Å²) in [5.41, 5.74) is 5.12. The van der Waals surface area contributed by atoms with E-state index in [9.17, 15) is 5.11 Å². The second-order valence-electron chi connectivity index (χ2n) is 6.20. The zero-order valence-electron chi connectivity index (χ0n) is 14.9. The molecule has 2 N–H and O–H groups in total. The highest BCUT2D eigenvalue weighted by Gasteiger charge is 1.96. The lowest BCUT2D eigenvalue weighted by atomic mass is 10.0. The molecule has 2 nitrogen and oxygen atoms in total. The molecule has 0 bridgehead atoms. The van der Waals surface area contributed by atoms with Crippen LogP contribution in [0.5, 0.6) is 0 Å². The fraction of sp³-hybridized carbons (Fsp3) is 0.600. The Morgan fingerprint density at radius 2 is 1.23 bits per heavy atom. The molecule has 126 valence electrons. The SMILES string of the molecule is CC(C)=CCC/C(=C/CC/C(C)=C/CC/C(C)=C/CO)CO. The van der Waals surface area contributed by atoms with Crippen LogP contribution < -0.4 is 0 Å². The largest absolute Gasteiger partial charge is 0.392 e. The van der Waals surface area contributed by atoms with Crippen LogP contribution in [0.2, 0.25) is 0 Å². The van der Waals surface area contributed by atoms with E-state index in [-0.39, 0.29) is 13.2 Å². The van der Waals surface area contributed by atoms with Gasteiger partial charge in [-0.3, -0.25) is 0 Å². The monoisotopic (exact) mass is 306 g/mol. The van der Waals surface area contributed by atoms with Crippen molar-refractivity contribution in [1.82, 2.24) is 0 Å². The normalized spacial score (nSPS) is 13.5. The Kier molecular flexibility index (Phi) is 12.8. The molecule has 0 aromatic carbocycles. The molecule has 0 unspecified atom stereocenters. The lowest BCUT2D eigenvalue weighted by Gasteiger charge is -2.04. The molecular weight excluding hydrogens is 272 g/mol. The number of hydrogen-bond acceptors (Lipinski definition) is 2. The van der Waals surface area contributed by atoms with Gasteiger partial charge in [-0.25, -0.2) is 0 Å². The zero-order valence-corrected chi connectivity index (χ0v) is 14.9. The first-order chi connectivity index (χ1) is 10.5. The van der Waals surface area contributed by atoms with Gasteiger partial charge in [-0.15, -0.1) is 0 Å². The average molecular weight is 306 g/mol. The van der Waals surface area contributed by atoms with E-state index >= 15 is 0 Å². The fourth-order valence-corrected chi connectivity index (χ4v) is 2.20. The first-order valence-corrected chi connectivity index (χ1v) is 8.33. The van der Waals surface area contributed by atoms with E-state index < -0.39 is 0 Å². The van der Waals surface area contributed by atoms with Gasteiger partial charge in [0.2, 0.25) is 0 Å². The van der Waals surface area contributed by atoms with Gasteiger partial charge in [-0.2, -0.15) is 0 Å². The molecule has 0 rings (SSSR count). The van der Waals surface area contributed by atoms with Gasteiger partial charge in [0.25, 0.3) is 0 Å². The molecule has 2 heteroatoms. The maximum absolute atomic E-state index is 9.38. The summed E-state index contributed by atoms with van der Waals surface area (Å²) >= 11 is 0. The third-order valence-electron chi connectivity index (χ3n) is 3.66. The Labute approximate surface area is 137 Å². The van der Waals surface area contributed by atoms with Crippen molar-refractivity contribution < 1.29 is 10.2 Å². The van der Waals surface area contributed by atoms with Crippen LogP contribution in [0, 0.1) is 0 Å². The molecule has 0 fully saturated rings. The van der Waals surface area contributed by atoms with Crippen LogP contribution in [0.1, 0.15) is 66.2 Å². The van der Waals surface area contributed by atoms with Crippen molar-refractivity contribution in [2.75, 3.05) is 13.2 Å². The quantitative estimate of drug-likeness (QED) is 0.522. The number of allylic oxidation sites excluding steroid dienone is 6. The first kappa shape index (κ1) is 20.9. The number of aliphatic hydroxyl groups excluding tert-OH is 2. The summed E-state index contributed by atoms with van der Waals surface area (Å²) in [5.74, 6) is 0. The Morgan fingerprint density at radius 3 is 1.77 bits per heavy atom. The van der Waals surface area contributed by atoms with E-state index in [1.807, 2.05) is 6.08 Å². The van der Waals surface area contributed by atoms with Crippen molar-refractivity contribution in [3.63, 3.8) is 0 Å². The molecule has 0 amide bonds. The summed E-state index contributed by atoms with van der Waals surface area (Å²) < 4.78 is 0. The van der Waals surface area contributed by atoms with Gasteiger partial charge in [0.05, 0.1) is 13.2 Å². The van der Waals surface area contributed by atoms with Crippen LogP contribution in [-0.4, -0.2) is 23.4 Å². The Bertz CT molecular complexity index is 407. The lowest BCUT2D eigenvalue weighted by Crippen LogP contribution is -1.91. The second-order valence-corrected chi connectivity index (χ2v) is 6.20. The van der Waals surface area contributed by atoms with Crippen LogP contribution in [-0.2, 0) is 0 Å². The molecule has 0 aromatic rings. The van der Waals surface area contributed by atoms with Gasteiger partial charge < -0.3 is 10.2 Å². The Balaban J connectivity index is 4.10. The van der Waals surface area contributed by atoms with E-state index in [1.54, 1.807) is 0 Å². The zero-order chi connectivity index (χ0) is 16.8. The molecule has 0 atom stereocenters. The third kappa shape index (κ3) is 12.6. The standard InChI is InChI=1S/C20H34O2/c1-17(2)8-5-12-20(16-22)13-7-11-18(3)9-6-10-19(4)14-15-21/h8-9,13-14,21-22H,5-7,10-12,15-16H2,1-4H3/b18-9+,19-14+,20-13-. The number of rotatable bonds is 11. The maximum atomic E-state index is 9.38. The summed E-state index contributed by atoms with van der Waals surface area (Å²) in [7, 11) is 0. The molecule has 22 heavy (non-hydrogen) atoms. The number of aliphatic hydroxyl groups is 2. The van der Waals surface area contributed by atoms with Crippen LogP contribution in [0.3, 0.4) is 0 Å². The summed E-state index contributed by atoms with van der Waals surface area (Å²) in [6.07, 6.45) is 14.6. The van der Waals surface area contributed by atoms with Gasteiger partial charge in [0.1, 0.15) is 0 Å². The maximum Gasteiger partial charge on any atom is 0.0641 e. The van der Waals surface area contributed by atoms with E-state index in [0.717, 1.165) is 44.1 Å². The highest BCUT2D eigenvalue weighted by Crippen LogP contribution is 2.13. The summed E-state index contributed by atoms with van der Waals surface area (Å²) in [5, 5.41) is 18.2. The van der Waals surface area contributed by atoms with Crippen molar-refractivity contribution in [3.05, 3.63) is 46.6 Å². The predicted octanol–water partition coefficient (Wildman–Crippen LogP) is 5.10. The van der Waals surface area contributed by atoms with Gasteiger partial charge >= 0.3 is 0 Å². The smallest absolute Gasteiger partial charge is 0.0641 e.